The van der Waals surface area contributed by atoms with Crippen LogP contribution in [0.15, 0.2) is 33.9 Å². The third kappa shape index (κ3) is 3.17. The van der Waals surface area contributed by atoms with Crippen molar-refractivity contribution in [1.29, 1.82) is 0 Å². The Labute approximate surface area is 121 Å². The Morgan fingerprint density at radius 3 is 2.70 bits per heavy atom. The normalized spacial score (nSPS) is 11.6. The Morgan fingerprint density at radius 2 is 2.10 bits per heavy atom. The van der Waals surface area contributed by atoms with Crippen LogP contribution in [-0.2, 0) is 16.6 Å². The highest BCUT2D eigenvalue weighted by molar-refractivity contribution is 7.92. The number of benzene rings is 1. The third-order valence-electron chi connectivity index (χ3n) is 2.75. The van der Waals surface area contributed by atoms with Crippen LogP contribution in [-0.4, -0.2) is 15.5 Å². The van der Waals surface area contributed by atoms with Gasteiger partial charge in [-0.15, -0.1) is 0 Å². The first-order chi connectivity index (χ1) is 9.44. The number of rotatable bonds is 5. The van der Waals surface area contributed by atoms with Crippen LogP contribution in [0.25, 0.3) is 0 Å². The summed E-state index contributed by atoms with van der Waals surface area (Å²) < 4.78 is 40.9. The molecule has 0 bridgehead atoms. The molecule has 0 amide bonds. The Balaban J connectivity index is 2.41. The van der Waals surface area contributed by atoms with Gasteiger partial charge in [-0.2, -0.15) is 11.3 Å². The molecule has 1 aromatic carbocycles. The molecule has 4 nitrogen and oxygen atoms in total. The van der Waals surface area contributed by atoms with E-state index in [2.05, 4.69) is 10.0 Å². The maximum atomic E-state index is 13.9. The highest BCUT2D eigenvalue weighted by atomic mass is 32.2. The number of hydrogen-bond acceptors (Lipinski definition) is 4. The lowest BCUT2D eigenvalue weighted by Gasteiger charge is -2.11. The molecule has 7 heteroatoms. The molecule has 0 fully saturated rings. The van der Waals surface area contributed by atoms with Crippen LogP contribution in [0.5, 0.6) is 0 Å². The minimum atomic E-state index is -3.70. The molecule has 2 rings (SSSR count). The van der Waals surface area contributed by atoms with Crippen molar-refractivity contribution < 1.29 is 12.8 Å². The number of hydrogen-bond donors (Lipinski definition) is 2. The second-order valence-corrected chi connectivity index (χ2v) is 6.82. The van der Waals surface area contributed by atoms with Crippen molar-refractivity contribution in [2.75, 3.05) is 11.8 Å². The molecule has 0 aliphatic carbocycles. The van der Waals surface area contributed by atoms with E-state index in [1.54, 1.807) is 30.8 Å². The van der Waals surface area contributed by atoms with Gasteiger partial charge in [-0.3, -0.25) is 4.72 Å². The number of halogens is 1. The van der Waals surface area contributed by atoms with Crippen molar-refractivity contribution in [1.82, 2.24) is 5.32 Å². The second-order valence-electron chi connectivity index (χ2n) is 4.36. The highest BCUT2D eigenvalue weighted by Crippen LogP contribution is 2.22. The fourth-order valence-electron chi connectivity index (χ4n) is 1.82. The predicted octanol–water partition coefficient (Wildman–Crippen LogP) is 2.72. The zero-order valence-electron chi connectivity index (χ0n) is 11.1. The number of aryl methyl sites for hydroxylation is 1. The first-order valence-electron chi connectivity index (χ1n) is 5.92. The fraction of sp³-hybridized carbons (Fsp3) is 0.231. The Hall–Kier alpha value is -1.44. The molecule has 20 heavy (non-hydrogen) atoms. The van der Waals surface area contributed by atoms with Gasteiger partial charge in [0.05, 0.1) is 10.6 Å². The molecule has 0 unspecified atom stereocenters. The molecule has 0 aliphatic heterocycles. The van der Waals surface area contributed by atoms with E-state index >= 15 is 0 Å². The molecule has 0 atom stereocenters. The second kappa shape index (κ2) is 5.90. The standard InChI is InChI=1S/C13H15FN2O2S2/c1-9-5-12(6-10(7-15-2)13(9)14)20(17,18)16-11-3-4-19-8-11/h3-6,8,15-16H,7H2,1-2H3. The summed E-state index contributed by atoms with van der Waals surface area (Å²) in [6, 6.07) is 4.36. The van der Waals surface area contributed by atoms with E-state index in [1.165, 1.54) is 23.5 Å². The van der Waals surface area contributed by atoms with Gasteiger partial charge in [-0.1, -0.05) is 0 Å². The lowest BCUT2D eigenvalue weighted by molar-refractivity contribution is 0.585. The van der Waals surface area contributed by atoms with Crippen LogP contribution in [0.3, 0.4) is 0 Å². The molecule has 2 N–H and O–H groups in total. The summed E-state index contributed by atoms with van der Waals surface area (Å²) >= 11 is 1.40. The highest BCUT2D eigenvalue weighted by Gasteiger charge is 2.18. The van der Waals surface area contributed by atoms with E-state index in [0.717, 1.165) is 0 Å². The summed E-state index contributed by atoms with van der Waals surface area (Å²) in [6.07, 6.45) is 0. The van der Waals surface area contributed by atoms with Crippen molar-refractivity contribution >= 4 is 27.0 Å². The molecule has 108 valence electrons. The van der Waals surface area contributed by atoms with Gasteiger partial charge in [0, 0.05) is 17.5 Å². The smallest absolute Gasteiger partial charge is 0.261 e. The number of nitrogens with one attached hydrogen (secondary N) is 2. The van der Waals surface area contributed by atoms with Crippen LogP contribution in [0.1, 0.15) is 11.1 Å². The zero-order valence-corrected chi connectivity index (χ0v) is 12.7. The van der Waals surface area contributed by atoms with Gasteiger partial charge < -0.3 is 5.32 Å². The molecule has 1 heterocycles. The SMILES string of the molecule is CNCc1cc(S(=O)(=O)Nc2ccsc2)cc(C)c1F. The van der Waals surface area contributed by atoms with Crippen LogP contribution in [0.2, 0.25) is 0 Å². The molecule has 0 spiro atoms. The number of anilines is 1. The summed E-state index contributed by atoms with van der Waals surface area (Å²) in [5.41, 5.74) is 1.15. The molecule has 0 aliphatic rings. The van der Waals surface area contributed by atoms with Gasteiger partial charge >= 0.3 is 0 Å². The van der Waals surface area contributed by atoms with Crippen molar-refractivity contribution in [3.63, 3.8) is 0 Å². The maximum absolute atomic E-state index is 13.9. The van der Waals surface area contributed by atoms with Crippen LogP contribution >= 0.6 is 11.3 Å². The number of sulfonamides is 1. The molecule has 2 aromatic rings. The molecule has 0 radical (unpaired) electrons. The average Bonchev–Trinajstić information content (AvgIpc) is 2.87. The van der Waals surface area contributed by atoms with Crippen molar-refractivity contribution in [2.24, 2.45) is 0 Å². The Kier molecular flexibility index (Phi) is 4.42. The zero-order chi connectivity index (χ0) is 14.8. The predicted molar refractivity (Wildman–Crippen MR) is 79.0 cm³/mol. The first kappa shape index (κ1) is 15.0. The van der Waals surface area contributed by atoms with Crippen LogP contribution in [0.4, 0.5) is 10.1 Å². The Morgan fingerprint density at radius 1 is 1.35 bits per heavy atom. The van der Waals surface area contributed by atoms with Gasteiger partial charge in [0.1, 0.15) is 5.82 Å². The molecule has 0 saturated carbocycles. The molecule has 0 saturated heterocycles. The van der Waals surface area contributed by atoms with E-state index in [4.69, 9.17) is 0 Å². The van der Waals surface area contributed by atoms with E-state index in [-0.39, 0.29) is 17.3 Å². The summed E-state index contributed by atoms with van der Waals surface area (Å²) in [4.78, 5) is 0.0628. The quantitative estimate of drug-likeness (QED) is 0.892. The lowest BCUT2D eigenvalue weighted by Crippen LogP contribution is -2.15. The van der Waals surface area contributed by atoms with Gasteiger partial charge in [-0.25, -0.2) is 12.8 Å². The maximum Gasteiger partial charge on any atom is 0.261 e. The summed E-state index contributed by atoms with van der Waals surface area (Å²) in [5.74, 6) is -0.381. The summed E-state index contributed by atoms with van der Waals surface area (Å²) in [5, 5.41) is 6.30. The van der Waals surface area contributed by atoms with Gasteiger partial charge in [0.15, 0.2) is 0 Å². The van der Waals surface area contributed by atoms with Crippen LogP contribution < -0.4 is 10.0 Å². The summed E-state index contributed by atoms with van der Waals surface area (Å²) in [7, 11) is -2.02. The number of thiophene rings is 1. The van der Waals surface area contributed by atoms with E-state index in [1.807, 2.05) is 0 Å². The van der Waals surface area contributed by atoms with Crippen molar-refractivity contribution in [2.45, 2.75) is 18.4 Å². The first-order valence-corrected chi connectivity index (χ1v) is 8.35. The summed E-state index contributed by atoms with van der Waals surface area (Å²) in [6.45, 7) is 1.83. The fourth-order valence-corrected chi connectivity index (χ4v) is 3.66. The van der Waals surface area contributed by atoms with E-state index in [0.29, 0.717) is 16.8 Å². The minimum absolute atomic E-state index is 0.0628. The molecular formula is C13H15FN2O2S2. The topological polar surface area (TPSA) is 58.2 Å². The van der Waals surface area contributed by atoms with Gasteiger partial charge in [0.2, 0.25) is 0 Å². The van der Waals surface area contributed by atoms with Gasteiger partial charge in [0.25, 0.3) is 10.0 Å². The average molecular weight is 314 g/mol. The van der Waals surface area contributed by atoms with Gasteiger partial charge in [-0.05, 0) is 43.1 Å². The third-order valence-corrected chi connectivity index (χ3v) is 4.80. The molecular weight excluding hydrogens is 299 g/mol. The van der Waals surface area contributed by atoms with Crippen LogP contribution in [0, 0.1) is 12.7 Å². The van der Waals surface area contributed by atoms with E-state index in [9.17, 15) is 12.8 Å². The largest absolute Gasteiger partial charge is 0.316 e. The minimum Gasteiger partial charge on any atom is -0.316 e. The lowest BCUT2D eigenvalue weighted by atomic mass is 10.1. The Bertz CT molecular complexity index is 697. The van der Waals surface area contributed by atoms with Crippen molar-refractivity contribution in [3.05, 3.63) is 45.9 Å². The van der Waals surface area contributed by atoms with E-state index < -0.39 is 10.0 Å². The molecule has 1 aromatic heterocycles. The van der Waals surface area contributed by atoms with Crippen molar-refractivity contribution in [3.8, 4) is 0 Å². The monoisotopic (exact) mass is 314 g/mol.